The number of fused-ring (bicyclic) bond motifs is 3. The van der Waals surface area contributed by atoms with Crippen molar-refractivity contribution in [2.75, 3.05) is 14.1 Å². The molecule has 2 unspecified atom stereocenters. The standard InChI is InChI=1S/C24H23N3O8/c1-27(2)18-13-6-9-5-12-11(10-7-26-35-8-10)3-4-14(28)16(12)19(29)15(9)21(31)24(13,34)22(32)17(20(18)30)23(25)33/h3-4,7-9,13,18,28-29,32,34H,5-6H2,1-2H3,(H2,25,33)/t9?,13?,18-,24-/m0/s1. The molecule has 1 heterocycles. The number of hydrogen-bond acceptors (Lipinski definition) is 10. The second kappa shape index (κ2) is 7.52. The van der Waals surface area contributed by atoms with Gasteiger partial charge in [-0.05, 0) is 50.0 Å². The molecule has 0 bridgehead atoms. The number of aliphatic hydroxyl groups is 3. The van der Waals surface area contributed by atoms with Crippen LogP contribution in [0.25, 0.3) is 16.9 Å². The zero-order valence-corrected chi connectivity index (χ0v) is 18.8. The fourth-order valence-corrected chi connectivity index (χ4v) is 5.85. The molecule has 5 rings (SSSR count). The minimum absolute atomic E-state index is 0.0139. The van der Waals surface area contributed by atoms with E-state index in [-0.39, 0.29) is 29.7 Å². The van der Waals surface area contributed by atoms with E-state index in [0.717, 1.165) is 0 Å². The predicted molar refractivity (Wildman–Crippen MR) is 120 cm³/mol. The van der Waals surface area contributed by atoms with E-state index in [0.29, 0.717) is 16.7 Å². The molecule has 1 saturated carbocycles. The second-order valence-electron chi connectivity index (χ2n) is 9.36. The fourth-order valence-electron chi connectivity index (χ4n) is 5.85. The van der Waals surface area contributed by atoms with E-state index in [1.54, 1.807) is 20.2 Å². The summed E-state index contributed by atoms with van der Waals surface area (Å²) in [6.45, 7) is 0. The molecule has 3 aliphatic rings. The fraction of sp³-hybridized carbons (Fsp3) is 0.333. The molecule has 1 aromatic heterocycles. The van der Waals surface area contributed by atoms with Gasteiger partial charge in [-0.2, -0.15) is 0 Å². The number of carbonyl (C=O) groups excluding carboxylic acids is 3. The Morgan fingerprint density at radius 2 is 1.94 bits per heavy atom. The summed E-state index contributed by atoms with van der Waals surface area (Å²) in [7, 11) is 3.10. The van der Waals surface area contributed by atoms with Gasteiger partial charge in [0.15, 0.2) is 11.4 Å². The Labute approximate surface area is 198 Å². The molecule has 1 aromatic carbocycles. The molecule has 35 heavy (non-hydrogen) atoms. The van der Waals surface area contributed by atoms with Crippen molar-refractivity contribution in [3.63, 3.8) is 0 Å². The molecular formula is C24H23N3O8. The summed E-state index contributed by atoms with van der Waals surface area (Å²) >= 11 is 0. The molecule has 0 spiro atoms. The number of amides is 1. The molecule has 182 valence electrons. The highest BCUT2D eigenvalue weighted by molar-refractivity contribution is 6.24. The molecule has 0 radical (unpaired) electrons. The Bertz CT molecular complexity index is 1360. The van der Waals surface area contributed by atoms with Crippen LogP contribution in [0.5, 0.6) is 5.75 Å². The number of Topliss-reactive ketones (excluding diaryl/α,β-unsaturated/α-hetero) is 2. The van der Waals surface area contributed by atoms with Gasteiger partial charge in [0.05, 0.1) is 17.8 Å². The van der Waals surface area contributed by atoms with Crippen molar-refractivity contribution in [1.82, 2.24) is 10.1 Å². The molecule has 11 heteroatoms. The largest absolute Gasteiger partial charge is 0.508 e. The zero-order valence-electron chi connectivity index (χ0n) is 18.8. The molecule has 0 saturated heterocycles. The quantitative estimate of drug-likeness (QED) is 0.389. The lowest BCUT2D eigenvalue weighted by molar-refractivity contribution is -0.153. The third-order valence-corrected chi connectivity index (χ3v) is 7.35. The van der Waals surface area contributed by atoms with E-state index in [9.17, 15) is 34.8 Å². The first-order valence-corrected chi connectivity index (χ1v) is 10.9. The Kier molecular flexibility index (Phi) is 4.90. The van der Waals surface area contributed by atoms with Crippen LogP contribution in [0.3, 0.4) is 0 Å². The Hall–Kier alpha value is -3.96. The third-order valence-electron chi connectivity index (χ3n) is 7.35. The van der Waals surface area contributed by atoms with Gasteiger partial charge in [0.25, 0.3) is 5.91 Å². The van der Waals surface area contributed by atoms with Gasteiger partial charge in [-0.1, -0.05) is 11.2 Å². The highest BCUT2D eigenvalue weighted by Gasteiger charge is 2.64. The van der Waals surface area contributed by atoms with Gasteiger partial charge >= 0.3 is 0 Å². The van der Waals surface area contributed by atoms with Crippen molar-refractivity contribution in [1.29, 1.82) is 0 Å². The van der Waals surface area contributed by atoms with E-state index in [1.807, 2.05) is 0 Å². The van der Waals surface area contributed by atoms with Crippen LogP contribution in [0, 0.1) is 11.8 Å². The first-order valence-electron chi connectivity index (χ1n) is 10.9. The molecular weight excluding hydrogens is 458 g/mol. The number of aromatic nitrogens is 1. The van der Waals surface area contributed by atoms with Crippen molar-refractivity contribution in [2.24, 2.45) is 17.6 Å². The molecule has 11 nitrogen and oxygen atoms in total. The number of likely N-dealkylation sites (N-methyl/N-ethyl adjacent to an activating group) is 1. The van der Waals surface area contributed by atoms with Crippen molar-refractivity contribution in [3.05, 3.63) is 52.6 Å². The summed E-state index contributed by atoms with van der Waals surface area (Å²) in [5, 5.41) is 47.9. The number of benzene rings is 1. The van der Waals surface area contributed by atoms with Crippen LogP contribution >= 0.6 is 0 Å². The van der Waals surface area contributed by atoms with Gasteiger partial charge in [-0.3, -0.25) is 19.3 Å². The molecule has 4 atom stereocenters. The van der Waals surface area contributed by atoms with Gasteiger partial charge in [0.1, 0.15) is 29.1 Å². The van der Waals surface area contributed by atoms with Gasteiger partial charge < -0.3 is 30.7 Å². The number of primary amides is 1. The van der Waals surface area contributed by atoms with Crippen LogP contribution in [0.4, 0.5) is 0 Å². The van der Waals surface area contributed by atoms with Gasteiger partial charge in [-0.25, -0.2) is 0 Å². The van der Waals surface area contributed by atoms with E-state index in [2.05, 4.69) is 5.16 Å². The lowest BCUT2D eigenvalue weighted by atomic mass is 9.57. The minimum atomic E-state index is -2.66. The number of phenolic OH excluding ortho intramolecular Hbond substituents is 1. The van der Waals surface area contributed by atoms with E-state index in [4.69, 9.17) is 10.3 Å². The summed E-state index contributed by atoms with van der Waals surface area (Å²) in [6.07, 6.45) is 3.08. The summed E-state index contributed by atoms with van der Waals surface area (Å²) in [4.78, 5) is 40.3. The summed E-state index contributed by atoms with van der Waals surface area (Å²) in [5.41, 5.74) is 3.39. The first kappa shape index (κ1) is 22.8. The average Bonchev–Trinajstić information content (AvgIpc) is 3.30. The van der Waals surface area contributed by atoms with Crippen LogP contribution in [-0.4, -0.2) is 73.7 Å². The molecule has 1 fully saturated rings. The number of aliphatic hydroxyl groups excluding tert-OH is 2. The SMILES string of the molecule is CN(C)[C@@H]1C(=O)C(C(N)=O)=C(O)[C@@]2(O)C(=O)C3=C(O)c4c(O)ccc(-c5cnoc5)c4CC3CC12. The Balaban J connectivity index is 1.75. The molecule has 3 aliphatic carbocycles. The van der Waals surface area contributed by atoms with Crippen molar-refractivity contribution >= 4 is 23.2 Å². The van der Waals surface area contributed by atoms with Crippen molar-refractivity contribution in [2.45, 2.75) is 24.5 Å². The van der Waals surface area contributed by atoms with Crippen LogP contribution in [-0.2, 0) is 20.8 Å². The third kappa shape index (κ3) is 2.91. The van der Waals surface area contributed by atoms with Crippen molar-refractivity contribution < 1.29 is 39.3 Å². The maximum absolute atomic E-state index is 13.8. The van der Waals surface area contributed by atoms with E-state index in [1.165, 1.54) is 23.4 Å². The number of carbonyl (C=O) groups is 3. The lowest BCUT2D eigenvalue weighted by Gasteiger charge is -2.50. The van der Waals surface area contributed by atoms with Crippen LogP contribution in [0.15, 0.2) is 46.0 Å². The maximum atomic E-state index is 13.8. The zero-order chi connectivity index (χ0) is 25.4. The Morgan fingerprint density at radius 1 is 1.23 bits per heavy atom. The second-order valence-corrected chi connectivity index (χ2v) is 9.36. The molecule has 2 aromatic rings. The summed E-state index contributed by atoms with van der Waals surface area (Å²) in [6, 6.07) is 1.86. The smallest absolute Gasteiger partial charge is 0.255 e. The monoisotopic (exact) mass is 481 g/mol. The van der Waals surface area contributed by atoms with Crippen LogP contribution in [0.1, 0.15) is 17.5 Å². The highest BCUT2D eigenvalue weighted by Crippen LogP contribution is 2.53. The maximum Gasteiger partial charge on any atom is 0.255 e. The molecule has 1 amide bonds. The van der Waals surface area contributed by atoms with Crippen molar-refractivity contribution in [3.8, 4) is 16.9 Å². The summed E-state index contributed by atoms with van der Waals surface area (Å²) in [5.74, 6) is -6.84. The van der Waals surface area contributed by atoms with Gasteiger partial charge in [-0.15, -0.1) is 0 Å². The number of ketones is 2. The average molecular weight is 481 g/mol. The first-order chi connectivity index (χ1) is 16.5. The highest BCUT2D eigenvalue weighted by atomic mass is 16.5. The predicted octanol–water partition coefficient (Wildman–Crippen LogP) is 0.619. The lowest BCUT2D eigenvalue weighted by Crippen LogP contribution is -2.65. The van der Waals surface area contributed by atoms with Crippen LogP contribution < -0.4 is 5.73 Å². The van der Waals surface area contributed by atoms with Gasteiger partial charge in [0.2, 0.25) is 5.78 Å². The molecule has 0 aliphatic heterocycles. The minimum Gasteiger partial charge on any atom is -0.508 e. The Morgan fingerprint density at radius 3 is 2.54 bits per heavy atom. The van der Waals surface area contributed by atoms with E-state index >= 15 is 0 Å². The number of hydrogen-bond donors (Lipinski definition) is 5. The number of nitrogens with two attached hydrogens (primary N) is 1. The number of rotatable bonds is 3. The number of aromatic hydroxyl groups is 1. The number of nitrogens with zero attached hydrogens (tertiary/aromatic N) is 2. The number of phenols is 1. The van der Waals surface area contributed by atoms with Gasteiger partial charge in [0, 0.05) is 17.1 Å². The topological polar surface area (TPSA) is 187 Å². The summed E-state index contributed by atoms with van der Waals surface area (Å²) < 4.78 is 4.93. The molecule has 6 N–H and O–H groups in total. The van der Waals surface area contributed by atoms with E-state index < -0.39 is 58.0 Å². The van der Waals surface area contributed by atoms with Crippen LogP contribution in [0.2, 0.25) is 0 Å². The normalized spacial score (nSPS) is 28.2.